The Hall–Kier alpha value is -3.55. The van der Waals surface area contributed by atoms with Crippen LogP contribution >= 0.6 is 0 Å². The summed E-state index contributed by atoms with van der Waals surface area (Å²) in [6, 6.07) is 13.4. The van der Waals surface area contributed by atoms with Crippen molar-refractivity contribution in [3.05, 3.63) is 60.6 Å². The summed E-state index contributed by atoms with van der Waals surface area (Å²) in [5.41, 5.74) is 0.996. The number of hydrogen-bond donors (Lipinski definition) is 1. The Labute approximate surface area is 166 Å². The van der Waals surface area contributed by atoms with Crippen molar-refractivity contribution in [3.63, 3.8) is 0 Å². The van der Waals surface area contributed by atoms with Gasteiger partial charge in [0.2, 0.25) is 0 Å². The van der Waals surface area contributed by atoms with Gasteiger partial charge >= 0.3 is 0 Å². The van der Waals surface area contributed by atoms with Crippen LogP contribution in [0.3, 0.4) is 0 Å². The van der Waals surface area contributed by atoms with E-state index in [0.717, 1.165) is 42.2 Å². The van der Waals surface area contributed by atoms with Gasteiger partial charge in [0, 0.05) is 29.2 Å². The van der Waals surface area contributed by atoms with Gasteiger partial charge in [0.05, 0.1) is 6.10 Å². The zero-order valence-corrected chi connectivity index (χ0v) is 15.7. The van der Waals surface area contributed by atoms with E-state index in [1.807, 2.05) is 30.5 Å². The smallest absolute Gasteiger partial charge is 0.270 e. The summed E-state index contributed by atoms with van der Waals surface area (Å²) < 4.78 is 7.74. The Morgan fingerprint density at radius 3 is 2.83 bits per heavy atom. The first kappa shape index (κ1) is 17.5. The molecular formula is C21H20N6O2. The Bertz CT molecular complexity index is 1160. The first-order valence-corrected chi connectivity index (χ1v) is 9.75. The zero-order chi connectivity index (χ0) is 19.6. The summed E-state index contributed by atoms with van der Waals surface area (Å²) in [5.74, 6) is 0.733. The number of carbonyl (C=O) groups excluding carboxylic acids is 1. The van der Waals surface area contributed by atoms with E-state index in [4.69, 9.17) is 4.74 Å². The highest BCUT2D eigenvalue weighted by Gasteiger charge is 2.25. The Morgan fingerprint density at radius 1 is 1.07 bits per heavy atom. The van der Waals surface area contributed by atoms with Crippen LogP contribution in [0.1, 0.15) is 36.2 Å². The van der Waals surface area contributed by atoms with Crippen LogP contribution in [0.2, 0.25) is 0 Å². The lowest BCUT2D eigenvalue weighted by molar-refractivity contribution is 0.0887. The van der Waals surface area contributed by atoms with E-state index in [-0.39, 0.29) is 18.1 Å². The highest BCUT2D eigenvalue weighted by atomic mass is 16.5. The maximum absolute atomic E-state index is 12.7. The molecule has 0 atom stereocenters. The Kier molecular flexibility index (Phi) is 4.51. The molecular weight excluding hydrogens is 368 g/mol. The van der Waals surface area contributed by atoms with Crippen LogP contribution in [-0.4, -0.2) is 43.1 Å². The quantitative estimate of drug-likeness (QED) is 0.578. The van der Waals surface area contributed by atoms with E-state index in [1.54, 1.807) is 24.4 Å². The molecule has 1 aromatic carbocycles. The molecule has 3 heterocycles. The van der Waals surface area contributed by atoms with E-state index < -0.39 is 0 Å². The number of benzene rings is 1. The molecule has 0 radical (unpaired) electrons. The minimum Gasteiger partial charge on any atom is -0.490 e. The third-order valence-electron chi connectivity index (χ3n) is 5.40. The van der Waals surface area contributed by atoms with Crippen molar-refractivity contribution in [3.8, 4) is 5.75 Å². The monoisotopic (exact) mass is 388 g/mol. The van der Waals surface area contributed by atoms with Crippen molar-refractivity contribution < 1.29 is 9.53 Å². The van der Waals surface area contributed by atoms with Crippen molar-refractivity contribution in [2.75, 3.05) is 0 Å². The maximum Gasteiger partial charge on any atom is 0.270 e. The number of carbonyl (C=O) groups is 1. The lowest BCUT2D eigenvalue weighted by atomic mass is 9.92. The number of hydrogen-bond acceptors (Lipinski definition) is 6. The largest absolute Gasteiger partial charge is 0.490 e. The van der Waals surface area contributed by atoms with Gasteiger partial charge in [-0.3, -0.25) is 9.78 Å². The van der Waals surface area contributed by atoms with Gasteiger partial charge < -0.3 is 10.1 Å². The molecule has 0 saturated heterocycles. The molecule has 5 rings (SSSR count). The summed E-state index contributed by atoms with van der Waals surface area (Å²) in [5, 5.41) is 16.7. The number of amides is 1. The molecule has 0 bridgehead atoms. The second-order valence-electron chi connectivity index (χ2n) is 7.28. The van der Waals surface area contributed by atoms with Crippen molar-refractivity contribution in [1.82, 2.24) is 30.3 Å². The molecule has 1 N–H and O–H groups in total. The molecule has 0 spiro atoms. The van der Waals surface area contributed by atoms with E-state index in [2.05, 4.69) is 25.8 Å². The van der Waals surface area contributed by atoms with Crippen LogP contribution in [0.15, 0.2) is 54.9 Å². The summed E-state index contributed by atoms with van der Waals surface area (Å²) in [4.78, 5) is 16.8. The third-order valence-corrected chi connectivity index (χ3v) is 5.40. The molecule has 8 nitrogen and oxygen atoms in total. The summed E-state index contributed by atoms with van der Waals surface area (Å²) >= 11 is 0. The van der Waals surface area contributed by atoms with Gasteiger partial charge in [-0.2, -0.15) is 4.52 Å². The Balaban J connectivity index is 1.22. The van der Waals surface area contributed by atoms with Crippen molar-refractivity contribution in [2.24, 2.45) is 0 Å². The molecule has 1 amide bonds. The number of rotatable bonds is 4. The van der Waals surface area contributed by atoms with E-state index in [9.17, 15) is 4.79 Å². The number of nitrogens with one attached hydrogen (secondary N) is 1. The van der Waals surface area contributed by atoms with Gasteiger partial charge in [-0.1, -0.05) is 18.2 Å². The first-order chi connectivity index (χ1) is 14.3. The zero-order valence-electron chi connectivity index (χ0n) is 15.7. The van der Waals surface area contributed by atoms with Gasteiger partial charge in [0.1, 0.15) is 11.4 Å². The normalized spacial score (nSPS) is 19.3. The molecule has 8 heteroatoms. The molecule has 1 fully saturated rings. The fraction of sp³-hybridized carbons (Fsp3) is 0.286. The molecule has 0 unspecified atom stereocenters. The first-order valence-electron chi connectivity index (χ1n) is 9.75. The second-order valence-corrected chi connectivity index (χ2v) is 7.28. The highest BCUT2D eigenvalue weighted by Crippen LogP contribution is 2.29. The predicted molar refractivity (Wildman–Crippen MR) is 107 cm³/mol. The standard InChI is InChI=1S/C21H20N6O2/c28-21(18-4-2-6-20-24-25-26-27(18)20)23-15-7-9-16(10-8-15)29-19-5-1-3-14-13-22-12-11-17(14)19/h1-6,11-13,15-16H,7-10H2,(H,23,28). The number of aromatic nitrogens is 5. The maximum atomic E-state index is 12.7. The minimum absolute atomic E-state index is 0.116. The molecule has 1 saturated carbocycles. The van der Waals surface area contributed by atoms with E-state index in [0.29, 0.717) is 11.3 Å². The van der Waals surface area contributed by atoms with Gasteiger partial charge in [-0.15, -0.1) is 5.10 Å². The number of nitrogens with zero attached hydrogens (tertiary/aromatic N) is 5. The fourth-order valence-corrected chi connectivity index (χ4v) is 3.90. The summed E-state index contributed by atoms with van der Waals surface area (Å²) in [6.07, 6.45) is 7.29. The topological polar surface area (TPSA) is 94.3 Å². The van der Waals surface area contributed by atoms with Crippen LogP contribution in [-0.2, 0) is 0 Å². The highest BCUT2D eigenvalue weighted by molar-refractivity contribution is 5.93. The molecule has 3 aromatic heterocycles. The van der Waals surface area contributed by atoms with Crippen molar-refractivity contribution in [1.29, 1.82) is 0 Å². The van der Waals surface area contributed by atoms with Gasteiger partial charge in [0.15, 0.2) is 5.65 Å². The van der Waals surface area contributed by atoms with Crippen LogP contribution in [0.25, 0.3) is 16.4 Å². The Morgan fingerprint density at radius 2 is 1.93 bits per heavy atom. The fourth-order valence-electron chi connectivity index (χ4n) is 3.90. The molecule has 1 aliphatic rings. The summed E-state index contributed by atoms with van der Waals surface area (Å²) in [6.45, 7) is 0. The van der Waals surface area contributed by atoms with Crippen LogP contribution < -0.4 is 10.1 Å². The van der Waals surface area contributed by atoms with Gasteiger partial charge in [0.25, 0.3) is 5.91 Å². The molecule has 146 valence electrons. The van der Waals surface area contributed by atoms with E-state index in [1.165, 1.54) is 4.52 Å². The lowest BCUT2D eigenvalue weighted by Crippen LogP contribution is -2.40. The molecule has 4 aromatic rings. The van der Waals surface area contributed by atoms with Gasteiger partial charge in [-0.25, -0.2) is 0 Å². The summed E-state index contributed by atoms with van der Waals surface area (Å²) in [7, 11) is 0. The van der Waals surface area contributed by atoms with E-state index >= 15 is 0 Å². The minimum atomic E-state index is -0.158. The average molecular weight is 388 g/mol. The second kappa shape index (κ2) is 7.46. The predicted octanol–water partition coefficient (Wildman–Crippen LogP) is 2.79. The van der Waals surface area contributed by atoms with Crippen LogP contribution in [0.4, 0.5) is 0 Å². The SMILES string of the molecule is O=C(NC1CCC(Oc2cccc3cnccc23)CC1)c1cccc2nnnn12. The average Bonchev–Trinajstić information content (AvgIpc) is 3.24. The lowest BCUT2D eigenvalue weighted by Gasteiger charge is -2.29. The van der Waals surface area contributed by atoms with Crippen molar-refractivity contribution in [2.45, 2.75) is 37.8 Å². The number of pyridine rings is 2. The number of tetrazole rings is 1. The number of fused-ring (bicyclic) bond motifs is 2. The van der Waals surface area contributed by atoms with Crippen LogP contribution in [0, 0.1) is 0 Å². The number of ether oxygens (including phenoxy) is 1. The molecule has 29 heavy (non-hydrogen) atoms. The third kappa shape index (κ3) is 3.49. The van der Waals surface area contributed by atoms with Crippen LogP contribution in [0.5, 0.6) is 5.75 Å². The van der Waals surface area contributed by atoms with Gasteiger partial charge in [-0.05, 0) is 60.4 Å². The molecule has 0 aliphatic heterocycles. The molecule has 1 aliphatic carbocycles. The van der Waals surface area contributed by atoms with Crippen molar-refractivity contribution >= 4 is 22.3 Å².